The summed E-state index contributed by atoms with van der Waals surface area (Å²) in [6.45, 7) is 2.25. The van der Waals surface area contributed by atoms with Crippen molar-refractivity contribution in [3.05, 3.63) is 29.8 Å². The highest BCUT2D eigenvalue weighted by molar-refractivity contribution is 5.47. The van der Waals surface area contributed by atoms with Crippen LogP contribution < -0.4 is 5.73 Å². The third-order valence-corrected chi connectivity index (χ3v) is 4.16. The summed E-state index contributed by atoms with van der Waals surface area (Å²) in [5, 5.41) is 10.5. The van der Waals surface area contributed by atoms with Crippen molar-refractivity contribution in [2.24, 2.45) is 11.8 Å². The lowest BCUT2D eigenvalue weighted by molar-refractivity contribution is 0.0683. The summed E-state index contributed by atoms with van der Waals surface area (Å²) in [5.41, 5.74) is 7.57. The summed E-state index contributed by atoms with van der Waals surface area (Å²) in [5.74, 6) is 1.17. The Kier molecular flexibility index (Phi) is 4.06. The molecule has 0 aliphatic heterocycles. The molecule has 0 heterocycles. The van der Waals surface area contributed by atoms with E-state index in [9.17, 15) is 5.11 Å². The minimum Gasteiger partial charge on any atom is -0.398 e. The Labute approximate surface area is 104 Å². The van der Waals surface area contributed by atoms with Gasteiger partial charge in [0.15, 0.2) is 0 Å². The number of hydrogen-bond acceptors (Lipinski definition) is 2. The molecule has 3 unspecified atom stereocenters. The number of rotatable bonds is 3. The van der Waals surface area contributed by atoms with Gasteiger partial charge in [0.2, 0.25) is 0 Å². The number of para-hydroxylation sites is 1. The summed E-state index contributed by atoms with van der Waals surface area (Å²) in [6, 6.07) is 7.70. The van der Waals surface area contributed by atoms with Crippen LogP contribution in [0.25, 0.3) is 0 Å². The number of nitrogen functional groups attached to an aromatic ring is 1. The molecule has 94 valence electrons. The second-order valence-electron chi connectivity index (χ2n) is 5.27. The van der Waals surface area contributed by atoms with Crippen LogP contribution in [0.2, 0.25) is 0 Å². The van der Waals surface area contributed by atoms with E-state index in [2.05, 4.69) is 6.92 Å². The Hall–Kier alpha value is -1.02. The molecule has 0 radical (unpaired) electrons. The molecule has 0 aromatic heterocycles. The molecule has 0 saturated heterocycles. The standard InChI is InChI=1S/C15H23NO/c1-2-11-6-5-7-12(10-11)15(17)13-8-3-4-9-14(13)16/h3-4,8-9,11-12,15,17H,2,5-7,10,16H2,1H3. The maximum Gasteiger partial charge on any atom is 0.0838 e. The van der Waals surface area contributed by atoms with Crippen LogP contribution in [0.1, 0.15) is 50.7 Å². The van der Waals surface area contributed by atoms with Crippen molar-refractivity contribution in [1.29, 1.82) is 0 Å². The van der Waals surface area contributed by atoms with Crippen LogP contribution in [0.15, 0.2) is 24.3 Å². The van der Waals surface area contributed by atoms with Gasteiger partial charge in [0.25, 0.3) is 0 Å². The Balaban J connectivity index is 2.09. The molecule has 1 fully saturated rings. The molecule has 1 aromatic carbocycles. The molecule has 2 nitrogen and oxygen atoms in total. The molecule has 0 bridgehead atoms. The third kappa shape index (κ3) is 2.81. The normalized spacial score (nSPS) is 26.7. The zero-order chi connectivity index (χ0) is 12.3. The highest BCUT2D eigenvalue weighted by Gasteiger charge is 2.28. The Bertz CT molecular complexity index is 364. The molecule has 1 aromatic rings. The largest absolute Gasteiger partial charge is 0.398 e. The van der Waals surface area contributed by atoms with Gasteiger partial charge in [-0.2, -0.15) is 0 Å². The average molecular weight is 233 g/mol. The van der Waals surface area contributed by atoms with Crippen molar-refractivity contribution in [3.63, 3.8) is 0 Å². The first kappa shape index (κ1) is 12.4. The SMILES string of the molecule is CCC1CCCC(C(O)c2ccccc2N)C1. The molecule has 1 saturated carbocycles. The fraction of sp³-hybridized carbons (Fsp3) is 0.600. The monoisotopic (exact) mass is 233 g/mol. The van der Waals surface area contributed by atoms with Crippen molar-refractivity contribution in [1.82, 2.24) is 0 Å². The summed E-state index contributed by atoms with van der Waals surface area (Å²) in [6.07, 6.45) is 5.69. The molecular weight excluding hydrogens is 210 g/mol. The molecular formula is C15H23NO. The van der Waals surface area contributed by atoms with Crippen molar-refractivity contribution in [2.75, 3.05) is 5.73 Å². The molecule has 3 N–H and O–H groups in total. The van der Waals surface area contributed by atoms with Crippen molar-refractivity contribution in [2.45, 2.75) is 45.1 Å². The summed E-state index contributed by atoms with van der Waals surface area (Å²) in [7, 11) is 0. The number of aliphatic hydroxyl groups is 1. The highest BCUT2D eigenvalue weighted by Crippen LogP contribution is 2.39. The molecule has 17 heavy (non-hydrogen) atoms. The zero-order valence-electron chi connectivity index (χ0n) is 10.6. The second kappa shape index (κ2) is 5.54. The van der Waals surface area contributed by atoms with Gasteiger partial charge in [-0.05, 0) is 30.7 Å². The van der Waals surface area contributed by atoms with Gasteiger partial charge in [-0.25, -0.2) is 0 Å². The Morgan fingerprint density at radius 2 is 2.12 bits per heavy atom. The van der Waals surface area contributed by atoms with Gasteiger partial charge in [-0.1, -0.05) is 44.4 Å². The number of nitrogens with two attached hydrogens (primary N) is 1. The lowest BCUT2D eigenvalue weighted by Gasteiger charge is -2.32. The smallest absolute Gasteiger partial charge is 0.0838 e. The van der Waals surface area contributed by atoms with Crippen LogP contribution in [0, 0.1) is 11.8 Å². The summed E-state index contributed by atoms with van der Waals surface area (Å²) >= 11 is 0. The van der Waals surface area contributed by atoms with Crippen molar-refractivity contribution >= 4 is 5.69 Å². The maximum atomic E-state index is 10.5. The van der Waals surface area contributed by atoms with E-state index in [1.165, 1.54) is 19.3 Å². The third-order valence-electron chi connectivity index (χ3n) is 4.16. The fourth-order valence-electron chi connectivity index (χ4n) is 3.02. The average Bonchev–Trinajstić information content (AvgIpc) is 2.38. The Morgan fingerprint density at radius 1 is 1.35 bits per heavy atom. The summed E-state index contributed by atoms with van der Waals surface area (Å²) < 4.78 is 0. The van der Waals surface area contributed by atoms with Gasteiger partial charge in [0.05, 0.1) is 6.10 Å². The predicted molar refractivity (Wildman–Crippen MR) is 71.6 cm³/mol. The first-order chi connectivity index (χ1) is 8.22. The van der Waals surface area contributed by atoms with Crippen LogP contribution in [-0.4, -0.2) is 5.11 Å². The molecule has 0 spiro atoms. The van der Waals surface area contributed by atoms with E-state index in [-0.39, 0.29) is 6.10 Å². The zero-order valence-corrected chi connectivity index (χ0v) is 10.6. The topological polar surface area (TPSA) is 46.2 Å². The molecule has 2 heteroatoms. The van der Waals surface area contributed by atoms with Crippen molar-refractivity contribution < 1.29 is 5.11 Å². The van der Waals surface area contributed by atoms with Crippen LogP contribution in [0.5, 0.6) is 0 Å². The number of anilines is 1. The van der Waals surface area contributed by atoms with E-state index in [0.717, 1.165) is 30.0 Å². The summed E-state index contributed by atoms with van der Waals surface area (Å²) in [4.78, 5) is 0. The quantitative estimate of drug-likeness (QED) is 0.785. The van der Waals surface area contributed by atoms with Crippen LogP contribution in [0.3, 0.4) is 0 Å². The first-order valence-electron chi connectivity index (χ1n) is 6.74. The van der Waals surface area contributed by atoms with E-state index in [1.54, 1.807) is 0 Å². The van der Waals surface area contributed by atoms with E-state index >= 15 is 0 Å². The van der Waals surface area contributed by atoms with E-state index in [4.69, 9.17) is 5.73 Å². The van der Waals surface area contributed by atoms with Gasteiger partial charge >= 0.3 is 0 Å². The van der Waals surface area contributed by atoms with Gasteiger partial charge in [0, 0.05) is 11.3 Å². The molecule has 1 aliphatic rings. The van der Waals surface area contributed by atoms with Gasteiger partial charge < -0.3 is 10.8 Å². The lowest BCUT2D eigenvalue weighted by atomic mass is 9.76. The fourth-order valence-corrected chi connectivity index (χ4v) is 3.02. The molecule has 0 amide bonds. The second-order valence-corrected chi connectivity index (χ2v) is 5.27. The lowest BCUT2D eigenvalue weighted by Crippen LogP contribution is -2.21. The highest BCUT2D eigenvalue weighted by atomic mass is 16.3. The van der Waals surface area contributed by atoms with E-state index < -0.39 is 0 Å². The van der Waals surface area contributed by atoms with Gasteiger partial charge in [-0.15, -0.1) is 0 Å². The molecule has 1 aliphatic carbocycles. The Morgan fingerprint density at radius 3 is 2.82 bits per heavy atom. The maximum absolute atomic E-state index is 10.5. The molecule has 3 atom stereocenters. The van der Waals surface area contributed by atoms with Gasteiger partial charge in [-0.3, -0.25) is 0 Å². The van der Waals surface area contributed by atoms with Crippen LogP contribution >= 0.6 is 0 Å². The van der Waals surface area contributed by atoms with E-state index in [1.807, 2.05) is 24.3 Å². The first-order valence-corrected chi connectivity index (χ1v) is 6.74. The van der Waals surface area contributed by atoms with Crippen LogP contribution in [0.4, 0.5) is 5.69 Å². The van der Waals surface area contributed by atoms with Crippen molar-refractivity contribution in [3.8, 4) is 0 Å². The predicted octanol–water partition coefficient (Wildman–Crippen LogP) is 3.52. The van der Waals surface area contributed by atoms with Crippen LogP contribution in [-0.2, 0) is 0 Å². The number of benzene rings is 1. The van der Waals surface area contributed by atoms with Gasteiger partial charge in [0.1, 0.15) is 0 Å². The minimum absolute atomic E-state index is 0.384. The molecule has 2 rings (SSSR count). The van der Waals surface area contributed by atoms with E-state index in [0.29, 0.717) is 5.92 Å². The minimum atomic E-state index is -0.384. The number of aliphatic hydroxyl groups excluding tert-OH is 1. The number of hydrogen-bond donors (Lipinski definition) is 2.